The van der Waals surface area contributed by atoms with E-state index in [0.29, 0.717) is 37.2 Å². The van der Waals surface area contributed by atoms with Gasteiger partial charge in [0.05, 0.1) is 12.7 Å². The smallest absolute Gasteiger partial charge is 0.407 e. The number of ether oxygens (including phenoxy) is 1. The zero-order chi connectivity index (χ0) is 13.9. The molecule has 1 aromatic rings. The van der Waals surface area contributed by atoms with Gasteiger partial charge in [0.25, 0.3) is 0 Å². The summed E-state index contributed by atoms with van der Waals surface area (Å²) in [5.74, 6) is 0.610. The van der Waals surface area contributed by atoms with E-state index in [9.17, 15) is 9.90 Å². The quantitative estimate of drug-likeness (QED) is 0.342. The normalized spacial score (nSPS) is 11.6. The summed E-state index contributed by atoms with van der Waals surface area (Å²) >= 11 is 0.672. The third-order valence-electron chi connectivity index (χ3n) is 2.34. The molecule has 0 spiro atoms. The van der Waals surface area contributed by atoms with Crippen LogP contribution >= 0.6 is 12.0 Å². The highest BCUT2D eigenvalue weighted by atomic mass is 32.2. The van der Waals surface area contributed by atoms with E-state index in [1.165, 1.54) is 6.08 Å². The second-order valence-electron chi connectivity index (χ2n) is 3.88. The van der Waals surface area contributed by atoms with Crippen LogP contribution in [0.1, 0.15) is 19.3 Å². The fraction of sp³-hybridized carbons (Fsp3) is 0.357. The molecule has 1 N–H and O–H groups in total. The van der Waals surface area contributed by atoms with E-state index in [-0.39, 0.29) is 0 Å². The van der Waals surface area contributed by atoms with Gasteiger partial charge in [0.1, 0.15) is 5.75 Å². The molecule has 0 saturated heterocycles. The van der Waals surface area contributed by atoms with Gasteiger partial charge in [-0.15, -0.1) is 6.58 Å². The Bertz CT molecular complexity index is 380. The van der Waals surface area contributed by atoms with Gasteiger partial charge >= 0.3 is 5.30 Å². The second-order valence-corrected chi connectivity index (χ2v) is 4.54. The van der Waals surface area contributed by atoms with Crippen LogP contribution in [0.5, 0.6) is 5.75 Å². The number of benzene rings is 1. The van der Waals surface area contributed by atoms with E-state index in [1.54, 1.807) is 12.1 Å². The summed E-state index contributed by atoms with van der Waals surface area (Å²) in [6, 6.07) is 9.04. The Kier molecular flexibility index (Phi) is 7.77. The van der Waals surface area contributed by atoms with E-state index in [0.717, 1.165) is 6.42 Å². The van der Waals surface area contributed by atoms with Gasteiger partial charge < -0.3 is 14.0 Å². The first-order valence-electron chi connectivity index (χ1n) is 6.09. The Morgan fingerprint density at radius 2 is 2.11 bits per heavy atom. The van der Waals surface area contributed by atoms with Crippen molar-refractivity contribution >= 4 is 17.3 Å². The van der Waals surface area contributed by atoms with Crippen LogP contribution in [0, 0.1) is 0 Å². The minimum Gasteiger partial charge on any atom is -0.455 e. The lowest BCUT2D eigenvalue weighted by Crippen LogP contribution is -2.04. The molecule has 19 heavy (non-hydrogen) atoms. The SMILES string of the molecule is C=CC(O)CCCCOC(=O)SOc1ccccc1. The zero-order valence-electron chi connectivity index (χ0n) is 10.7. The number of carbonyl (C=O) groups excluding carboxylic acids is 1. The van der Waals surface area contributed by atoms with Crippen LogP contribution in [0.4, 0.5) is 4.79 Å². The number of rotatable bonds is 8. The maximum Gasteiger partial charge on any atom is 0.407 e. The van der Waals surface area contributed by atoms with Crippen molar-refractivity contribution in [2.45, 2.75) is 25.4 Å². The summed E-state index contributed by atoms with van der Waals surface area (Å²) in [6.45, 7) is 3.81. The van der Waals surface area contributed by atoms with E-state index in [4.69, 9.17) is 8.92 Å². The number of unbranched alkanes of at least 4 members (excludes halogenated alkanes) is 1. The second kappa shape index (κ2) is 9.47. The van der Waals surface area contributed by atoms with Crippen molar-refractivity contribution in [3.05, 3.63) is 43.0 Å². The molecule has 5 heteroatoms. The van der Waals surface area contributed by atoms with E-state index in [1.807, 2.05) is 18.2 Å². The highest BCUT2D eigenvalue weighted by molar-refractivity contribution is 8.09. The van der Waals surface area contributed by atoms with Gasteiger partial charge in [-0.2, -0.15) is 0 Å². The van der Waals surface area contributed by atoms with Crippen LogP contribution in [0.2, 0.25) is 0 Å². The van der Waals surface area contributed by atoms with Crippen LogP contribution in [0.25, 0.3) is 0 Å². The monoisotopic (exact) mass is 282 g/mol. The van der Waals surface area contributed by atoms with Crippen molar-refractivity contribution in [2.24, 2.45) is 0 Å². The standard InChI is InChI=1S/C14H18O4S/c1-2-12(15)8-6-7-11-17-14(16)19-18-13-9-4-3-5-10-13/h2-5,9-10,12,15H,1,6-8,11H2. The molecule has 1 unspecified atom stereocenters. The Hall–Kier alpha value is -1.46. The summed E-state index contributed by atoms with van der Waals surface area (Å²) in [7, 11) is 0. The summed E-state index contributed by atoms with van der Waals surface area (Å²) < 4.78 is 10.1. The Morgan fingerprint density at radius 3 is 2.79 bits per heavy atom. The average Bonchev–Trinajstić information content (AvgIpc) is 2.45. The Balaban J connectivity index is 2.04. The van der Waals surface area contributed by atoms with Gasteiger partial charge in [-0.25, -0.2) is 4.79 Å². The molecule has 0 aliphatic carbocycles. The number of aliphatic hydroxyl groups is 1. The predicted molar refractivity (Wildman–Crippen MR) is 76.1 cm³/mol. The largest absolute Gasteiger partial charge is 0.455 e. The molecule has 4 nitrogen and oxygen atoms in total. The summed E-state index contributed by atoms with van der Waals surface area (Å²) in [6.07, 6.45) is 3.14. The van der Waals surface area contributed by atoms with Gasteiger partial charge in [0.2, 0.25) is 0 Å². The highest BCUT2D eigenvalue weighted by Crippen LogP contribution is 2.17. The maximum atomic E-state index is 11.3. The Morgan fingerprint density at radius 1 is 1.37 bits per heavy atom. The van der Waals surface area contributed by atoms with E-state index < -0.39 is 11.4 Å². The first-order valence-corrected chi connectivity index (χ1v) is 6.83. The molecule has 104 valence electrons. The third-order valence-corrected chi connectivity index (χ3v) is 2.87. The van der Waals surface area contributed by atoms with Crippen molar-refractivity contribution in [3.63, 3.8) is 0 Å². The van der Waals surface area contributed by atoms with Crippen molar-refractivity contribution < 1.29 is 18.8 Å². The first kappa shape index (κ1) is 15.6. The molecule has 0 aliphatic heterocycles. The molecule has 1 aromatic carbocycles. The molecule has 0 heterocycles. The lowest BCUT2D eigenvalue weighted by molar-refractivity contribution is 0.166. The fourth-order valence-corrected chi connectivity index (χ4v) is 1.72. The first-order chi connectivity index (χ1) is 9.22. The lowest BCUT2D eigenvalue weighted by atomic mass is 10.1. The van der Waals surface area contributed by atoms with E-state index in [2.05, 4.69) is 6.58 Å². The van der Waals surface area contributed by atoms with Crippen molar-refractivity contribution in [2.75, 3.05) is 6.61 Å². The van der Waals surface area contributed by atoms with Crippen LogP contribution in [0.15, 0.2) is 43.0 Å². The number of hydrogen-bond donors (Lipinski definition) is 1. The minimum absolute atomic E-state index is 0.327. The van der Waals surface area contributed by atoms with Crippen LogP contribution in [0.3, 0.4) is 0 Å². The highest BCUT2D eigenvalue weighted by Gasteiger charge is 2.06. The van der Waals surface area contributed by atoms with Gasteiger partial charge in [-0.05, 0) is 31.4 Å². The molecule has 0 aromatic heterocycles. The number of hydrogen-bond acceptors (Lipinski definition) is 5. The number of carbonyl (C=O) groups is 1. The van der Waals surface area contributed by atoms with Crippen molar-refractivity contribution in [3.8, 4) is 5.75 Å². The topological polar surface area (TPSA) is 55.8 Å². The summed E-state index contributed by atoms with van der Waals surface area (Å²) in [5, 5.41) is 8.76. The third kappa shape index (κ3) is 7.54. The minimum atomic E-state index is -0.480. The summed E-state index contributed by atoms with van der Waals surface area (Å²) in [4.78, 5) is 11.3. The molecule has 0 bridgehead atoms. The molecule has 0 aliphatic rings. The predicted octanol–water partition coefficient (Wildman–Crippen LogP) is 3.57. The lowest BCUT2D eigenvalue weighted by Gasteiger charge is -2.06. The zero-order valence-corrected chi connectivity index (χ0v) is 11.5. The van der Waals surface area contributed by atoms with E-state index >= 15 is 0 Å². The fourth-order valence-electron chi connectivity index (χ4n) is 1.31. The molecule has 0 radical (unpaired) electrons. The Labute approximate surface area is 117 Å². The van der Waals surface area contributed by atoms with Crippen LogP contribution in [-0.4, -0.2) is 23.1 Å². The molecular formula is C14H18O4S. The molecule has 0 fully saturated rings. The van der Waals surface area contributed by atoms with Gasteiger partial charge in [0.15, 0.2) is 12.0 Å². The molecular weight excluding hydrogens is 264 g/mol. The molecule has 1 atom stereocenters. The van der Waals surface area contributed by atoms with Crippen molar-refractivity contribution in [1.82, 2.24) is 0 Å². The van der Waals surface area contributed by atoms with Gasteiger partial charge in [0, 0.05) is 0 Å². The van der Waals surface area contributed by atoms with Gasteiger partial charge in [-0.1, -0.05) is 24.3 Å². The summed E-state index contributed by atoms with van der Waals surface area (Å²) in [5.41, 5.74) is 0. The molecule has 0 amide bonds. The van der Waals surface area contributed by atoms with Crippen LogP contribution < -0.4 is 4.18 Å². The van der Waals surface area contributed by atoms with Crippen LogP contribution in [-0.2, 0) is 4.74 Å². The average molecular weight is 282 g/mol. The molecule has 0 saturated carbocycles. The number of aliphatic hydroxyl groups excluding tert-OH is 1. The molecule has 1 rings (SSSR count). The maximum absolute atomic E-state index is 11.3. The number of para-hydroxylation sites is 1. The van der Waals surface area contributed by atoms with Crippen molar-refractivity contribution in [1.29, 1.82) is 0 Å². The van der Waals surface area contributed by atoms with Gasteiger partial charge in [-0.3, -0.25) is 0 Å².